The Morgan fingerprint density at radius 2 is 2.14 bits per heavy atom. The zero-order valence-corrected chi connectivity index (χ0v) is 8.71. The van der Waals surface area contributed by atoms with Gasteiger partial charge in [-0.25, -0.2) is 0 Å². The van der Waals surface area contributed by atoms with Gasteiger partial charge >= 0.3 is 0 Å². The smallest absolute Gasteiger partial charge is 0.133 e. The molecule has 0 aliphatic rings. The Kier molecular flexibility index (Phi) is 4.94. The highest BCUT2D eigenvalue weighted by atomic mass is 32.1. The third kappa shape index (κ3) is 3.71. The van der Waals surface area contributed by atoms with Gasteiger partial charge in [0.05, 0.1) is 0 Å². The molecule has 3 heteroatoms. The van der Waals surface area contributed by atoms with E-state index in [1.165, 1.54) is 0 Å². The molecule has 0 saturated carbocycles. The lowest BCUT2D eigenvalue weighted by atomic mass is 10.3. The van der Waals surface area contributed by atoms with Crippen molar-refractivity contribution in [3.05, 3.63) is 42.1 Å². The van der Waals surface area contributed by atoms with Crippen LogP contribution in [0.1, 0.15) is 0 Å². The van der Waals surface area contributed by atoms with Gasteiger partial charge in [-0.05, 0) is 24.3 Å². The van der Waals surface area contributed by atoms with Gasteiger partial charge in [0, 0.05) is 11.4 Å². The van der Waals surface area contributed by atoms with Crippen LogP contribution in [0.4, 0.5) is 0 Å². The predicted molar refractivity (Wildman–Crippen MR) is 60.9 cm³/mol. The van der Waals surface area contributed by atoms with Gasteiger partial charge in [-0.3, -0.25) is 0 Å². The van der Waals surface area contributed by atoms with Crippen LogP contribution in [0.15, 0.2) is 47.0 Å². The standard InChI is InChI=1S/C11H13NOS/c12-8-4-1-5-9-13-10-6-2-3-7-11(10)14/h2-7,14H,8-9,12H2. The van der Waals surface area contributed by atoms with Gasteiger partial charge in [-0.1, -0.05) is 12.1 Å². The molecule has 0 aliphatic carbocycles. The van der Waals surface area contributed by atoms with Crippen molar-refractivity contribution < 1.29 is 4.74 Å². The van der Waals surface area contributed by atoms with Crippen molar-refractivity contribution in [2.45, 2.75) is 4.90 Å². The SMILES string of the molecule is NCC=C=CCOc1ccccc1S. The van der Waals surface area contributed by atoms with E-state index in [1.807, 2.05) is 24.3 Å². The van der Waals surface area contributed by atoms with Crippen molar-refractivity contribution in [3.63, 3.8) is 0 Å². The number of hydrogen-bond donors (Lipinski definition) is 2. The van der Waals surface area contributed by atoms with E-state index in [4.69, 9.17) is 10.5 Å². The minimum atomic E-state index is 0.480. The molecule has 0 radical (unpaired) electrons. The summed E-state index contributed by atoms with van der Waals surface area (Å²) in [5.74, 6) is 0.779. The fourth-order valence-corrected chi connectivity index (χ4v) is 1.14. The van der Waals surface area contributed by atoms with Crippen LogP contribution in [-0.4, -0.2) is 13.2 Å². The topological polar surface area (TPSA) is 35.2 Å². The quantitative estimate of drug-likeness (QED) is 0.585. The van der Waals surface area contributed by atoms with Gasteiger partial charge in [0.2, 0.25) is 0 Å². The van der Waals surface area contributed by atoms with E-state index in [1.54, 1.807) is 12.2 Å². The number of para-hydroxylation sites is 1. The van der Waals surface area contributed by atoms with Crippen LogP contribution in [0, 0.1) is 0 Å². The van der Waals surface area contributed by atoms with Crippen molar-refractivity contribution in [1.82, 2.24) is 0 Å². The maximum absolute atomic E-state index is 5.43. The Hall–Kier alpha value is -1.15. The molecule has 1 aromatic carbocycles. The molecule has 0 fully saturated rings. The van der Waals surface area contributed by atoms with Crippen LogP contribution >= 0.6 is 12.6 Å². The number of ether oxygens (including phenoxy) is 1. The van der Waals surface area contributed by atoms with Gasteiger partial charge in [0.15, 0.2) is 0 Å². The van der Waals surface area contributed by atoms with Gasteiger partial charge in [0.25, 0.3) is 0 Å². The first-order valence-electron chi connectivity index (χ1n) is 4.35. The highest BCUT2D eigenvalue weighted by Crippen LogP contribution is 2.20. The van der Waals surface area contributed by atoms with E-state index in [-0.39, 0.29) is 0 Å². The van der Waals surface area contributed by atoms with E-state index >= 15 is 0 Å². The van der Waals surface area contributed by atoms with Gasteiger partial charge in [0.1, 0.15) is 12.4 Å². The summed E-state index contributed by atoms with van der Waals surface area (Å²) in [6.45, 7) is 0.980. The number of hydrogen-bond acceptors (Lipinski definition) is 3. The first-order chi connectivity index (χ1) is 6.84. The summed E-state index contributed by atoms with van der Waals surface area (Å²) in [6, 6.07) is 7.59. The number of thiol groups is 1. The van der Waals surface area contributed by atoms with Crippen LogP contribution in [0.3, 0.4) is 0 Å². The maximum atomic E-state index is 5.43. The Bertz CT molecular complexity index is 343. The molecule has 1 aromatic rings. The molecule has 1 rings (SSSR count). The van der Waals surface area contributed by atoms with E-state index in [0.29, 0.717) is 13.2 Å². The van der Waals surface area contributed by atoms with Crippen LogP contribution in [-0.2, 0) is 0 Å². The predicted octanol–water partition coefficient (Wildman–Crippen LogP) is 2.02. The number of nitrogens with two attached hydrogens (primary N) is 1. The van der Waals surface area contributed by atoms with Gasteiger partial charge in [-0.2, -0.15) is 0 Å². The van der Waals surface area contributed by atoms with Crippen molar-refractivity contribution in [1.29, 1.82) is 0 Å². The molecule has 0 unspecified atom stereocenters. The van der Waals surface area contributed by atoms with Crippen LogP contribution < -0.4 is 10.5 Å². The molecule has 0 spiro atoms. The van der Waals surface area contributed by atoms with E-state index in [2.05, 4.69) is 18.4 Å². The lowest BCUT2D eigenvalue weighted by Gasteiger charge is -2.04. The molecule has 0 saturated heterocycles. The summed E-state index contributed by atoms with van der Waals surface area (Å²) in [5.41, 5.74) is 8.15. The Morgan fingerprint density at radius 1 is 1.36 bits per heavy atom. The normalized spacial score (nSPS) is 9.00. The van der Waals surface area contributed by atoms with Crippen molar-refractivity contribution >= 4 is 12.6 Å². The average molecular weight is 207 g/mol. The zero-order valence-electron chi connectivity index (χ0n) is 7.81. The fraction of sp³-hybridized carbons (Fsp3) is 0.182. The molecular weight excluding hydrogens is 194 g/mol. The van der Waals surface area contributed by atoms with Crippen molar-refractivity contribution in [2.75, 3.05) is 13.2 Å². The minimum absolute atomic E-state index is 0.480. The Morgan fingerprint density at radius 3 is 2.86 bits per heavy atom. The summed E-state index contributed by atoms with van der Waals surface area (Å²) in [4.78, 5) is 0.837. The minimum Gasteiger partial charge on any atom is -0.488 e. The summed E-state index contributed by atoms with van der Waals surface area (Å²) in [7, 11) is 0. The molecule has 0 amide bonds. The highest BCUT2D eigenvalue weighted by Gasteiger charge is 1.95. The first-order valence-corrected chi connectivity index (χ1v) is 4.79. The summed E-state index contributed by atoms with van der Waals surface area (Å²) >= 11 is 4.25. The maximum Gasteiger partial charge on any atom is 0.133 e. The van der Waals surface area contributed by atoms with Crippen LogP contribution in [0.25, 0.3) is 0 Å². The summed E-state index contributed by atoms with van der Waals surface area (Å²) in [6.07, 6.45) is 3.53. The zero-order chi connectivity index (χ0) is 10.2. The third-order valence-corrected chi connectivity index (χ3v) is 1.91. The molecular formula is C11H13NOS. The van der Waals surface area contributed by atoms with Crippen molar-refractivity contribution in [2.24, 2.45) is 5.73 Å². The molecule has 2 nitrogen and oxygen atoms in total. The first kappa shape index (κ1) is 10.9. The molecule has 74 valence electrons. The third-order valence-electron chi connectivity index (χ3n) is 1.54. The van der Waals surface area contributed by atoms with Gasteiger partial charge in [-0.15, -0.1) is 18.4 Å². The monoisotopic (exact) mass is 207 g/mol. The summed E-state index contributed by atoms with van der Waals surface area (Å²) < 4.78 is 5.43. The highest BCUT2D eigenvalue weighted by molar-refractivity contribution is 7.80. The van der Waals surface area contributed by atoms with Crippen LogP contribution in [0.2, 0.25) is 0 Å². The molecule has 2 N–H and O–H groups in total. The Balaban J connectivity index is 2.46. The second-order valence-electron chi connectivity index (χ2n) is 2.59. The average Bonchev–Trinajstić information content (AvgIpc) is 2.20. The molecule has 0 aromatic heterocycles. The van der Waals surface area contributed by atoms with Crippen LogP contribution in [0.5, 0.6) is 5.75 Å². The van der Waals surface area contributed by atoms with E-state index in [9.17, 15) is 0 Å². The Labute approximate surface area is 89.5 Å². The number of benzene rings is 1. The lowest BCUT2D eigenvalue weighted by Crippen LogP contribution is -1.94. The second-order valence-corrected chi connectivity index (χ2v) is 3.07. The van der Waals surface area contributed by atoms with E-state index < -0.39 is 0 Å². The lowest BCUT2D eigenvalue weighted by molar-refractivity contribution is 0.354. The molecule has 14 heavy (non-hydrogen) atoms. The largest absolute Gasteiger partial charge is 0.488 e. The molecule has 0 atom stereocenters. The van der Waals surface area contributed by atoms with E-state index in [0.717, 1.165) is 10.6 Å². The second kappa shape index (κ2) is 6.33. The van der Waals surface area contributed by atoms with Gasteiger partial charge < -0.3 is 10.5 Å². The van der Waals surface area contributed by atoms with Crippen molar-refractivity contribution in [3.8, 4) is 5.75 Å². The molecule has 0 aliphatic heterocycles. The molecule has 0 bridgehead atoms. The molecule has 0 heterocycles. The fourth-order valence-electron chi connectivity index (χ4n) is 0.910. The number of rotatable bonds is 4. The summed E-state index contributed by atoms with van der Waals surface area (Å²) in [5, 5.41) is 0.